The molecule has 0 amide bonds. The summed E-state index contributed by atoms with van der Waals surface area (Å²) in [5, 5.41) is 0.689. The molecule has 2 aromatic carbocycles. The summed E-state index contributed by atoms with van der Waals surface area (Å²) in [7, 11) is 1.53. The van der Waals surface area contributed by atoms with E-state index in [0.717, 1.165) is 0 Å². The van der Waals surface area contributed by atoms with Crippen LogP contribution in [-0.2, 0) is 25.7 Å². The van der Waals surface area contributed by atoms with E-state index < -0.39 is 17.7 Å². The van der Waals surface area contributed by atoms with Gasteiger partial charge in [-0.15, -0.1) is 0 Å². The molecule has 152 valence electrons. The van der Waals surface area contributed by atoms with Crippen LogP contribution in [0.5, 0.6) is 11.5 Å². The Hall–Kier alpha value is -2.70. The minimum Gasteiger partial charge on any atom is -0.496 e. The lowest BCUT2D eigenvalue weighted by molar-refractivity contribution is -0.222. The zero-order valence-electron chi connectivity index (χ0n) is 16.0. The van der Waals surface area contributed by atoms with Crippen LogP contribution in [0, 0.1) is 0 Å². The Morgan fingerprint density at radius 2 is 1.72 bits per heavy atom. The number of hydrogen-bond donors (Lipinski definition) is 0. The van der Waals surface area contributed by atoms with Crippen LogP contribution < -0.4 is 9.47 Å². The van der Waals surface area contributed by atoms with Crippen LogP contribution in [0.3, 0.4) is 0 Å². The molecule has 0 aliphatic carbocycles. The lowest BCUT2D eigenvalue weighted by Crippen LogP contribution is -2.41. The van der Waals surface area contributed by atoms with Crippen LogP contribution in [0.25, 0.3) is 6.08 Å². The first-order valence-electron chi connectivity index (χ1n) is 8.62. The molecule has 1 aliphatic rings. The van der Waals surface area contributed by atoms with Crippen molar-refractivity contribution in [3.8, 4) is 11.5 Å². The van der Waals surface area contributed by atoms with Gasteiger partial charge in [-0.3, -0.25) is 0 Å². The highest BCUT2D eigenvalue weighted by Gasteiger charge is 2.38. The molecule has 1 saturated heterocycles. The molecule has 3 rings (SSSR count). The third-order valence-corrected chi connectivity index (χ3v) is 4.83. The molecule has 29 heavy (non-hydrogen) atoms. The summed E-state index contributed by atoms with van der Waals surface area (Å²) in [5.41, 5.74) is 1.06. The lowest BCUT2D eigenvalue weighted by atomic mass is 10.1. The summed E-state index contributed by atoms with van der Waals surface area (Å²) in [4.78, 5) is 24.3. The maximum Gasteiger partial charge on any atom is 0.348 e. The van der Waals surface area contributed by atoms with Crippen LogP contribution in [0.4, 0.5) is 0 Å². The van der Waals surface area contributed by atoms with Crippen LogP contribution in [0.1, 0.15) is 25.0 Å². The van der Waals surface area contributed by atoms with E-state index in [1.54, 1.807) is 36.4 Å². The predicted octanol–water partition coefficient (Wildman–Crippen LogP) is 4.80. The molecule has 0 N–H and O–H groups in total. The van der Waals surface area contributed by atoms with Gasteiger partial charge in [-0.25, -0.2) is 9.59 Å². The van der Waals surface area contributed by atoms with Crippen molar-refractivity contribution in [3.63, 3.8) is 0 Å². The second kappa shape index (κ2) is 8.35. The Labute approximate surface area is 177 Å². The van der Waals surface area contributed by atoms with E-state index in [-0.39, 0.29) is 12.2 Å². The van der Waals surface area contributed by atoms with Crippen molar-refractivity contribution < 1.29 is 28.5 Å². The Morgan fingerprint density at radius 3 is 2.38 bits per heavy atom. The molecular formula is C21H18Cl2O6. The van der Waals surface area contributed by atoms with E-state index in [0.29, 0.717) is 32.7 Å². The van der Waals surface area contributed by atoms with Crippen molar-refractivity contribution >= 4 is 41.2 Å². The second-order valence-corrected chi connectivity index (χ2v) is 7.43. The number of cyclic esters (lactones) is 2. The van der Waals surface area contributed by atoms with Crippen LogP contribution in [0.15, 0.2) is 42.0 Å². The van der Waals surface area contributed by atoms with Gasteiger partial charge in [0.1, 0.15) is 28.7 Å². The van der Waals surface area contributed by atoms with Gasteiger partial charge in [0.15, 0.2) is 0 Å². The molecule has 0 aromatic heterocycles. The van der Waals surface area contributed by atoms with Crippen molar-refractivity contribution in [2.75, 3.05) is 7.11 Å². The van der Waals surface area contributed by atoms with Gasteiger partial charge in [-0.2, -0.15) is 0 Å². The van der Waals surface area contributed by atoms with E-state index in [1.807, 2.05) is 0 Å². The van der Waals surface area contributed by atoms with Gasteiger partial charge in [0.2, 0.25) is 0 Å². The number of hydrogen-bond acceptors (Lipinski definition) is 6. The number of rotatable bonds is 5. The van der Waals surface area contributed by atoms with Gasteiger partial charge in [0, 0.05) is 19.4 Å². The number of esters is 2. The fourth-order valence-electron chi connectivity index (χ4n) is 2.70. The zero-order chi connectivity index (χ0) is 21.2. The van der Waals surface area contributed by atoms with Gasteiger partial charge in [0.05, 0.1) is 12.1 Å². The first kappa shape index (κ1) is 21.0. The Bertz CT molecular complexity index is 975. The van der Waals surface area contributed by atoms with Gasteiger partial charge in [-0.05, 0) is 35.9 Å². The molecule has 0 saturated carbocycles. The van der Waals surface area contributed by atoms with Gasteiger partial charge in [-0.1, -0.05) is 35.3 Å². The van der Waals surface area contributed by atoms with Crippen molar-refractivity contribution in [2.45, 2.75) is 26.2 Å². The normalized spacial score (nSPS) is 15.4. The molecule has 1 heterocycles. The number of halogens is 2. The minimum atomic E-state index is -1.29. The van der Waals surface area contributed by atoms with E-state index in [2.05, 4.69) is 0 Å². The molecular weight excluding hydrogens is 419 g/mol. The minimum absolute atomic E-state index is 0.127. The number of methoxy groups -OCH3 is 1. The van der Waals surface area contributed by atoms with Crippen molar-refractivity contribution in [2.24, 2.45) is 0 Å². The molecule has 8 heteroatoms. The van der Waals surface area contributed by atoms with Gasteiger partial charge >= 0.3 is 11.9 Å². The van der Waals surface area contributed by atoms with Crippen molar-refractivity contribution in [3.05, 3.63) is 63.1 Å². The molecule has 0 radical (unpaired) electrons. The highest BCUT2D eigenvalue weighted by molar-refractivity contribution is 6.42. The number of carbonyl (C=O) groups is 2. The molecule has 1 fully saturated rings. The maximum absolute atomic E-state index is 12.1. The molecule has 6 nitrogen and oxygen atoms in total. The largest absolute Gasteiger partial charge is 0.496 e. The number of ether oxygens (including phenoxy) is 4. The quantitative estimate of drug-likeness (QED) is 0.380. The molecule has 1 aliphatic heterocycles. The maximum atomic E-state index is 12.1. The topological polar surface area (TPSA) is 71.1 Å². The molecule has 0 atom stereocenters. The van der Waals surface area contributed by atoms with Crippen LogP contribution >= 0.6 is 23.2 Å². The highest BCUT2D eigenvalue weighted by Crippen LogP contribution is 2.33. The average molecular weight is 437 g/mol. The fourth-order valence-corrected chi connectivity index (χ4v) is 3.04. The Kier molecular flexibility index (Phi) is 6.05. The van der Waals surface area contributed by atoms with Gasteiger partial charge < -0.3 is 18.9 Å². The summed E-state index contributed by atoms with van der Waals surface area (Å²) in [6.07, 6.45) is 1.40. The lowest BCUT2D eigenvalue weighted by Gasteiger charge is -2.29. The van der Waals surface area contributed by atoms with Crippen molar-refractivity contribution in [1.29, 1.82) is 0 Å². The van der Waals surface area contributed by atoms with E-state index in [1.165, 1.54) is 27.0 Å². The number of carbonyl (C=O) groups excluding carboxylic acids is 2. The molecule has 0 bridgehead atoms. The summed E-state index contributed by atoms with van der Waals surface area (Å²) < 4.78 is 21.3. The SMILES string of the molecule is COc1ccc(C=C2C(=O)OC(C)(C)OC2=O)cc1COc1cccc(Cl)c1Cl. The third-order valence-electron chi connectivity index (χ3n) is 4.03. The zero-order valence-corrected chi connectivity index (χ0v) is 17.5. The third kappa shape index (κ3) is 4.83. The fraction of sp³-hybridized carbons (Fsp3) is 0.238. The standard InChI is InChI=1S/C21H18Cl2O6/c1-21(2)28-19(24)14(20(25)29-21)10-12-7-8-16(26-3)13(9-12)11-27-17-6-4-5-15(22)18(17)23/h4-10H,11H2,1-3H3. The Morgan fingerprint density at radius 1 is 1.03 bits per heavy atom. The first-order chi connectivity index (χ1) is 13.7. The first-order valence-corrected chi connectivity index (χ1v) is 9.38. The summed E-state index contributed by atoms with van der Waals surface area (Å²) >= 11 is 12.2. The molecule has 0 spiro atoms. The van der Waals surface area contributed by atoms with Crippen LogP contribution in [0.2, 0.25) is 10.0 Å². The summed E-state index contributed by atoms with van der Waals surface area (Å²) in [5.74, 6) is -1.79. The summed E-state index contributed by atoms with van der Waals surface area (Å²) in [6.45, 7) is 3.11. The number of benzene rings is 2. The molecule has 2 aromatic rings. The molecule has 0 unspecified atom stereocenters. The van der Waals surface area contributed by atoms with Gasteiger partial charge in [0.25, 0.3) is 5.79 Å². The van der Waals surface area contributed by atoms with E-state index in [4.69, 9.17) is 42.1 Å². The smallest absolute Gasteiger partial charge is 0.348 e. The second-order valence-electron chi connectivity index (χ2n) is 6.65. The predicted molar refractivity (Wildman–Crippen MR) is 108 cm³/mol. The van der Waals surface area contributed by atoms with Crippen LogP contribution in [-0.4, -0.2) is 24.8 Å². The monoisotopic (exact) mass is 436 g/mol. The Balaban J connectivity index is 1.86. The van der Waals surface area contributed by atoms with Crippen molar-refractivity contribution in [1.82, 2.24) is 0 Å². The summed E-state index contributed by atoms with van der Waals surface area (Å²) in [6, 6.07) is 10.2. The highest BCUT2D eigenvalue weighted by atomic mass is 35.5. The average Bonchev–Trinajstić information content (AvgIpc) is 2.65. The van der Waals surface area contributed by atoms with E-state index in [9.17, 15) is 9.59 Å². The van der Waals surface area contributed by atoms with E-state index >= 15 is 0 Å².